The largest absolute Gasteiger partial charge is 0.397 e. The fraction of sp³-hybridized carbons (Fsp3) is 0.562. The molecule has 0 aromatic heterocycles. The lowest BCUT2D eigenvalue weighted by atomic mass is 9.82. The van der Waals surface area contributed by atoms with Crippen LogP contribution in [0.3, 0.4) is 0 Å². The molecule has 4 heteroatoms. The van der Waals surface area contributed by atoms with Crippen molar-refractivity contribution in [1.82, 2.24) is 0 Å². The molecule has 1 aliphatic carbocycles. The third-order valence-corrected chi connectivity index (χ3v) is 3.82. The van der Waals surface area contributed by atoms with Gasteiger partial charge in [0.15, 0.2) is 0 Å². The monoisotopic (exact) mass is 276 g/mol. The topological polar surface area (TPSA) is 64.3 Å². The number of hydrogen-bond acceptors (Lipinski definition) is 3. The van der Waals surface area contributed by atoms with Crippen molar-refractivity contribution in [3.8, 4) is 0 Å². The van der Waals surface area contributed by atoms with Crippen LogP contribution in [0.4, 0.5) is 11.4 Å². The van der Waals surface area contributed by atoms with Gasteiger partial charge in [-0.2, -0.15) is 0 Å². The minimum Gasteiger partial charge on any atom is -0.397 e. The van der Waals surface area contributed by atoms with Gasteiger partial charge in [-0.05, 0) is 43.2 Å². The standard InChI is InChI=1S/C16H24N2O2/c1-11-7-12(2)9-13(8-11)20-10-16(19)18-15-6-4-3-5-14(15)17/h3-6,11-13H,7-10,17H2,1-2H3,(H,18,19). The van der Waals surface area contributed by atoms with E-state index in [2.05, 4.69) is 19.2 Å². The van der Waals surface area contributed by atoms with Crippen LogP contribution in [0.5, 0.6) is 0 Å². The Morgan fingerprint density at radius 1 is 1.25 bits per heavy atom. The fourth-order valence-electron chi connectivity index (χ4n) is 3.00. The van der Waals surface area contributed by atoms with Crippen LogP contribution < -0.4 is 11.1 Å². The van der Waals surface area contributed by atoms with Crippen LogP contribution in [0, 0.1) is 11.8 Å². The van der Waals surface area contributed by atoms with Gasteiger partial charge in [0, 0.05) is 0 Å². The number of carbonyl (C=O) groups excluding carboxylic acids is 1. The summed E-state index contributed by atoms with van der Waals surface area (Å²) < 4.78 is 5.74. The highest BCUT2D eigenvalue weighted by Gasteiger charge is 2.24. The van der Waals surface area contributed by atoms with E-state index < -0.39 is 0 Å². The van der Waals surface area contributed by atoms with E-state index in [9.17, 15) is 4.79 Å². The second-order valence-electron chi connectivity index (χ2n) is 5.99. The lowest BCUT2D eigenvalue weighted by molar-refractivity contribution is -0.124. The molecule has 1 aromatic carbocycles. The molecule has 3 N–H and O–H groups in total. The Morgan fingerprint density at radius 2 is 1.90 bits per heavy atom. The summed E-state index contributed by atoms with van der Waals surface area (Å²) in [6.45, 7) is 4.59. The Bertz CT molecular complexity index is 452. The van der Waals surface area contributed by atoms with Gasteiger partial charge in [-0.15, -0.1) is 0 Å². The Kier molecular flexibility index (Phi) is 5.01. The van der Waals surface area contributed by atoms with Gasteiger partial charge in [-0.3, -0.25) is 4.79 Å². The van der Waals surface area contributed by atoms with Crippen LogP contribution >= 0.6 is 0 Å². The number of rotatable bonds is 4. The summed E-state index contributed by atoms with van der Waals surface area (Å²) >= 11 is 0. The van der Waals surface area contributed by atoms with Crippen molar-refractivity contribution in [1.29, 1.82) is 0 Å². The minimum absolute atomic E-state index is 0.0957. The van der Waals surface area contributed by atoms with Crippen molar-refractivity contribution >= 4 is 17.3 Å². The maximum absolute atomic E-state index is 11.9. The molecule has 1 amide bonds. The van der Waals surface area contributed by atoms with Crippen LogP contribution in [0.25, 0.3) is 0 Å². The van der Waals surface area contributed by atoms with Gasteiger partial charge in [0.1, 0.15) is 6.61 Å². The van der Waals surface area contributed by atoms with Crippen LogP contribution in [0.15, 0.2) is 24.3 Å². The van der Waals surface area contributed by atoms with E-state index in [1.165, 1.54) is 6.42 Å². The Hall–Kier alpha value is -1.55. The van der Waals surface area contributed by atoms with Gasteiger partial charge in [0.2, 0.25) is 5.91 Å². The SMILES string of the molecule is CC1CC(C)CC(OCC(=O)Nc2ccccc2N)C1. The van der Waals surface area contributed by atoms with Crippen molar-refractivity contribution in [2.24, 2.45) is 11.8 Å². The van der Waals surface area contributed by atoms with Crippen LogP contribution in [0.2, 0.25) is 0 Å². The fourth-order valence-corrected chi connectivity index (χ4v) is 3.00. The zero-order chi connectivity index (χ0) is 14.5. The third kappa shape index (κ3) is 4.23. The average molecular weight is 276 g/mol. The maximum atomic E-state index is 11.9. The number of ether oxygens (including phenoxy) is 1. The normalized spacial score (nSPS) is 26.2. The molecule has 0 saturated heterocycles. The molecule has 20 heavy (non-hydrogen) atoms. The number of para-hydroxylation sites is 2. The van der Waals surface area contributed by atoms with Crippen molar-refractivity contribution in [2.75, 3.05) is 17.7 Å². The van der Waals surface area contributed by atoms with Gasteiger partial charge in [-0.1, -0.05) is 26.0 Å². The van der Waals surface area contributed by atoms with Gasteiger partial charge in [0.05, 0.1) is 17.5 Å². The lowest BCUT2D eigenvalue weighted by Crippen LogP contribution is -2.29. The van der Waals surface area contributed by atoms with Gasteiger partial charge >= 0.3 is 0 Å². The second kappa shape index (κ2) is 6.75. The molecule has 1 saturated carbocycles. The Labute approximate surface area is 120 Å². The quantitative estimate of drug-likeness (QED) is 0.831. The number of nitrogens with one attached hydrogen (secondary N) is 1. The van der Waals surface area contributed by atoms with E-state index in [1.54, 1.807) is 12.1 Å². The zero-order valence-electron chi connectivity index (χ0n) is 12.3. The number of benzene rings is 1. The predicted octanol–water partition coefficient (Wildman–Crippen LogP) is 3.05. The van der Waals surface area contributed by atoms with Crippen molar-refractivity contribution in [3.63, 3.8) is 0 Å². The van der Waals surface area contributed by atoms with Gasteiger partial charge in [0.25, 0.3) is 0 Å². The van der Waals surface area contributed by atoms with E-state index in [0.29, 0.717) is 23.2 Å². The first-order valence-electron chi connectivity index (χ1n) is 7.30. The molecule has 0 radical (unpaired) electrons. The molecule has 2 unspecified atom stereocenters. The van der Waals surface area contributed by atoms with Crippen molar-refractivity contribution in [2.45, 2.75) is 39.2 Å². The van der Waals surface area contributed by atoms with E-state index >= 15 is 0 Å². The predicted molar refractivity (Wildman–Crippen MR) is 81.4 cm³/mol. The molecular formula is C16H24N2O2. The van der Waals surface area contributed by atoms with Crippen LogP contribution in [-0.2, 0) is 9.53 Å². The number of nitrogen functional groups attached to an aromatic ring is 1. The Balaban J connectivity index is 1.79. The summed E-state index contributed by atoms with van der Waals surface area (Å²) in [4.78, 5) is 11.9. The number of nitrogens with two attached hydrogens (primary N) is 1. The van der Waals surface area contributed by atoms with E-state index in [-0.39, 0.29) is 18.6 Å². The smallest absolute Gasteiger partial charge is 0.250 e. The molecule has 110 valence electrons. The third-order valence-electron chi connectivity index (χ3n) is 3.82. The molecule has 0 heterocycles. The molecule has 0 spiro atoms. The first-order chi connectivity index (χ1) is 9.54. The first-order valence-corrected chi connectivity index (χ1v) is 7.30. The van der Waals surface area contributed by atoms with Crippen molar-refractivity contribution in [3.05, 3.63) is 24.3 Å². The summed E-state index contributed by atoms with van der Waals surface area (Å²) in [7, 11) is 0. The highest BCUT2D eigenvalue weighted by Crippen LogP contribution is 2.30. The number of amides is 1. The van der Waals surface area contributed by atoms with Crippen molar-refractivity contribution < 1.29 is 9.53 Å². The van der Waals surface area contributed by atoms with E-state index in [4.69, 9.17) is 10.5 Å². The summed E-state index contributed by atoms with van der Waals surface area (Å²) in [6.07, 6.45) is 3.55. The molecule has 0 bridgehead atoms. The molecule has 1 fully saturated rings. The molecule has 1 aromatic rings. The zero-order valence-corrected chi connectivity index (χ0v) is 12.3. The van der Waals surface area contributed by atoms with E-state index in [0.717, 1.165) is 12.8 Å². The average Bonchev–Trinajstić information content (AvgIpc) is 2.38. The highest BCUT2D eigenvalue weighted by molar-refractivity contribution is 5.94. The molecule has 2 rings (SSSR count). The molecule has 4 nitrogen and oxygen atoms in total. The van der Waals surface area contributed by atoms with Crippen LogP contribution in [0.1, 0.15) is 33.1 Å². The van der Waals surface area contributed by atoms with Gasteiger partial charge < -0.3 is 15.8 Å². The van der Waals surface area contributed by atoms with Gasteiger partial charge in [-0.25, -0.2) is 0 Å². The summed E-state index contributed by atoms with van der Waals surface area (Å²) in [5.74, 6) is 1.21. The van der Waals surface area contributed by atoms with Crippen LogP contribution in [-0.4, -0.2) is 18.6 Å². The summed E-state index contributed by atoms with van der Waals surface area (Å²) in [5.41, 5.74) is 7.00. The number of carbonyl (C=O) groups is 1. The first kappa shape index (κ1) is 14.9. The van der Waals surface area contributed by atoms with E-state index in [1.807, 2.05) is 12.1 Å². The molecule has 2 atom stereocenters. The molecule has 1 aliphatic rings. The minimum atomic E-state index is -0.145. The lowest BCUT2D eigenvalue weighted by Gasteiger charge is -2.31. The summed E-state index contributed by atoms with van der Waals surface area (Å²) in [6, 6.07) is 7.24. The number of anilines is 2. The Morgan fingerprint density at radius 3 is 2.55 bits per heavy atom. The second-order valence-corrected chi connectivity index (χ2v) is 5.99. The number of hydrogen-bond donors (Lipinski definition) is 2. The maximum Gasteiger partial charge on any atom is 0.250 e. The molecular weight excluding hydrogens is 252 g/mol. The highest BCUT2D eigenvalue weighted by atomic mass is 16.5. The molecule has 0 aliphatic heterocycles. The summed E-state index contributed by atoms with van der Waals surface area (Å²) in [5, 5.41) is 2.78.